The van der Waals surface area contributed by atoms with Crippen LogP contribution in [0, 0.1) is 5.41 Å². The van der Waals surface area contributed by atoms with Crippen LogP contribution < -0.4 is 0 Å². The van der Waals surface area contributed by atoms with E-state index < -0.39 is 0 Å². The molecule has 2 heterocycles. The zero-order valence-corrected chi connectivity index (χ0v) is 11.1. The van der Waals surface area contributed by atoms with Crippen molar-refractivity contribution < 1.29 is 14.3 Å². The summed E-state index contributed by atoms with van der Waals surface area (Å²) in [5.74, 6) is 3.09. The number of rotatable bonds is 6. The molecule has 1 aromatic rings. The third-order valence-electron chi connectivity index (χ3n) is 3.00. The molecule has 96 valence electrons. The summed E-state index contributed by atoms with van der Waals surface area (Å²) in [6.45, 7) is 5.75. The maximum absolute atomic E-state index is 9.31. The Morgan fingerprint density at radius 1 is 1.53 bits per heavy atom. The third-order valence-corrected chi connectivity index (χ3v) is 4.29. The van der Waals surface area contributed by atoms with Crippen molar-refractivity contribution >= 4 is 11.8 Å². The molecule has 0 saturated carbocycles. The zero-order chi connectivity index (χ0) is 12.3. The molecule has 1 saturated heterocycles. The van der Waals surface area contributed by atoms with Gasteiger partial charge in [0.25, 0.3) is 0 Å². The maximum Gasteiger partial charge on any atom is 0.181 e. The number of hydrogen-bond acceptors (Lipinski definition) is 5. The second-order valence-electron chi connectivity index (χ2n) is 4.96. The fourth-order valence-electron chi connectivity index (χ4n) is 1.83. The van der Waals surface area contributed by atoms with Gasteiger partial charge in [-0.25, -0.2) is 4.98 Å². The molecule has 1 N–H and O–H groups in total. The SMILES string of the molecule is CC(C)c1ocnc1CSCC1(CO)COC1. The summed E-state index contributed by atoms with van der Waals surface area (Å²) >= 11 is 1.79. The van der Waals surface area contributed by atoms with Gasteiger partial charge in [-0.1, -0.05) is 13.8 Å². The van der Waals surface area contributed by atoms with Gasteiger partial charge in [-0.2, -0.15) is 11.8 Å². The van der Waals surface area contributed by atoms with Gasteiger partial charge in [-0.15, -0.1) is 0 Å². The van der Waals surface area contributed by atoms with Crippen LogP contribution in [0.3, 0.4) is 0 Å². The zero-order valence-electron chi connectivity index (χ0n) is 10.3. The Morgan fingerprint density at radius 3 is 2.82 bits per heavy atom. The van der Waals surface area contributed by atoms with Gasteiger partial charge in [0.15, 0.2) is 6.39 Å². The predicted molar refractivity (Wildman–Crippen MR) is 67.1 cm³/mol. The van der Waals surface area contributed by atoms with E-state index in [9.17, 15) is 5.11 Å². The average Bonchev–Trinajstić information content (AvgIpc) is 2.70. The lowest BCUT2D eigenvalue weighted by atomic mass is 9.90. The van der Waals surface area contributed by atoms with Crippen LogP contribution >= 0.6 is 11.8 Å². The molecule has 0 spiro atoms. The quantitative estimate of drug-likeness (QED) is 0.845. The van der Waals surface area contributed by atoms with Crippen molar-refractivity contribution in [1.82, 2.24) is 4.98 Å². The summed E-state index contributed by atoms with van der Waals surface area (Å²) in [5.41, 5.74) is 1.00. The summed E-state index contributed by atoms with van der Waals surface area (Å²) in [6.07, 6.45) is 1.51. The molecule has 0 amide bonds. The van der Waals surface area contributed by atoms with Gasteiger partial charge in [0.2, 0.25) is 0 Å². The van der Waals surface area contributed by atoms with Gasteiger partial charge in [0, 0.05) is 22.8 Å². The molecule has 1 fully saturated rings. The Morgan fingerprint density at radius 2 is 2.29 bits per heavy atom. The van der Waals surface area contributed by atoms with Gasteiger partial charge in [-0.05, 0) is 0 Å². The number of aliphatic hydroxyl groups excluding tert-OH is 1. The van der Waals surface area contributed by atoms with E-state index in [-0.39, 0.29) is 12.0 Å². The molecule has 1 aliphatic heterocycles. The second kappa shape index (κ2) is 5.42. The van der Waals surface area contributed by atoms with E-state index in [0.29, 0.717) is 19.1 Å². The highest BCUT2D eigenvalue weighted by molar-refractivity contribution is 7.98. The Kier molecular flexibility index (Phi) is 4.12. The van der Waals surface area contributed by atoms with Crippen LogP contribution in [0.2, 0.25) is 0 Å². The number of thioether (sulfide) groups is 1. The lowest BCUT2D eigenvalue weighted by Gasteiger charge is -2.39. The largest absolute Gasteiger partial charge is 0.448 e. The van der Waals surface area contributed by atoms with Crippen LogP contribution in [0.15, 0.2) is 10.8 Å². The molecule has 2 rings (SSSR count). The molecular weight excluding hydrogens is 238 g/mol. The lowest BCUT2D eigenvalue weighted by Crippen LogP contribution is -2.47. The van der Waals surface area contributed by atoms with Crippen LogP contribution in [0.1, 0.15) is 31.2 Å². The lowest BCUT2D eigenvalue weighted by molar-refractivity contribution is -0.121. The van der Waals surface area contributed by atoms with E-state index in [2.05, 4.69) is 18.8 Å². The van der Waals surface area contributed by atoms with Crippen molar-refractivity contribution in [2.75, 3.05) is 25.6 Å². The fourth-order valence-corrected chi connectivity index (χ4v) is 3.03. The first-order valence-electron chi connectivity index (χ1n) is 5.85. The Balaban J connectivity index is 1.83. The number of nitrogens with zero attached hydrogens (tertiary/aromatic N) is 1. The Hall–Kier alpha value is -0.520. The van der Waals surface area contributed by atoms with Crippen molar-refractivity contribution in [3.8, 4) is 0 Å². The topological polar surface area (TPSA) is 55.5 Å². The molecular formula is C12H19NO3S. The van der Waals surface area contributed by atoms with Crippen LogP contribution in [-0.4, -0.2) is 35.7 Å². The van der Waals surface area contributed by atoms with Gasteiger partial charge in [-0.3, -0.25) is 0 Å². The minimum Gasteiger partial charge on any atom is -0.448 e. The fraction of sp³-hybridized carbons (Fsp3) is 0.750. The molecule has 0 aromatic carbocycles. The average molecular weight is 257 g/mol. The molecule has 0 unspecified atom stereocenters. The summed E-state index contributed by atoms with van der Waals surface area (Å²) in [5, 5.41) is 9.31. The van der Waals surface area contributed by atoms with Crippen LogP contribution in [0.5, 0.6) is 0 Å². The Labute approximate surface area is 106 Å². The van der Waals surface area contributed by atoms with E-state index in [1.807, 2.05) is 0 Å². The number of aliphatic hydroxyl groups is 1. The van der Waals surface area contributed by atoms with Gasteiger partial charge >= 0.3 is 0 Å². The van der Waals surface area contributed by atoms with E-state index >= 15 is 0 Å². The second-order valence-corrected chi connectivity index (χ2v) is 5.95. The Bertz CT molecular complexity index is 355. The number of ether oxygens (including phenoxy) is 1. The number of oxazole rings is 1. The number of aromatic nitrogens is 1. The third kappa shape index (κ3) is 2.84. The van der Waals surface area contributed by atoms with E-state index in [1.165, 1.54) is 6.39 Å². The van der Waals surface area contributed by atoms with E-state index in [0.717, 1.165) is 23.0 Å². The highest BCUT2D eigenvalue weighted by Gasteiger charge is 2.37. The van der Waals surface area contributed by atoms with Gasteiger partial charge in [0.1, 0.15) is 5.76 Å². The van der Waals surface area contributed by atoms with Crippen molar-refractivity contribution in [2.24, 2.45) is 5.41 Å². The van der Waals surface area contributed by atoms with Crippen molar-refractivity contribution in [1.29, 1.82) is 0 Å². The van der Waals surface area contributed by atoms with Crippen LogP contribution in [0.25, 0.3) is 0 Å². The van der Waals surface area contributed by atoms with Crippen molar-refractivity contribution in [3.63, 3.8) is 0 Å². The summed E-state index contributed by atoms with van der Waals surface area (Å²) in [4.78, 5) is 4.25. The normalized spacial score (nSPS) is 18.4. The summed E-state index contributed by atoms with van der Waals surface area (Å²) < 4.78 is 10.5. The molecule has 1 aromatic heterocycles. The smallest absolute Gasteiger partial charge is 0.181 e. The molecule has 0 radical (unpaired) electrons. The van der Waals surface area contributed by atoms with E-state index in [1.54, 1.807) is 11.8 Å². The number of hydrogen-bond donors (Lipinski definition) is 1. The molecule has 1 aliphatic rings. The van der Waals surface area contributed by atoms with Gasteiger partial charge < -0.3 is 14.3 Å². The molecule has 5 heteroatoms. The standard InChI is InChI=1S/C12H19NO3S/c1-9(2)11-10(13-8-16-11)3-17-7-12(4-14)5-15-6-12/h8-9,14H,3-7H2,1-2H3. The maximum atomic E-state index is 9.31. The van der Waals surface area contributed by atoms with Gasteiger partial charge in [0.05, 0.1) is 25.5 Å². The molecule has 17 heavy (non-hydrogen) atoms. The van der Waals surface area contributed by atoms with Crippen LogP contribution in [-0.2, 0) is 10.5 Å². The first-order valence-corrected chi connectivity index (χ1v) is 7.01. The summed E-state index contributed by atoms with van der Waals surface area (Å²) in [7, 11) is 0. The first kappa shape index (κ1) is 12.9. The highest BCUT2D eigenvalue weighted by atomic mass is 32.2. The van der Waals surface area contributed by atoms with Crippen molar-refractivity contribution in [3.05, 3.63) is 17.8 Å². The minimum absolute atomic E-state index is 0.0214. The minimum atomic E-state index is -0.0214. The highest BCUT2D eigenvalue weighted by Crippen LogP contribution is 2.32. The predicted octanol–water partition coefficient (Wildman–Crippen LogP) is 2.04. The monoisotopic (exact) mass is 257 g/mol. The molecule has 0 aliphatic carbocycles. The molecule has 0 atom stereocenters. The first-order chi connectivity index (χ1) is 8.17. The van der Waals surface area contributed by atoms with Crippen LogP contribution in [0.4, 0.5) is 0 Å². The van der Waals surface area contributed by atoms with E-state index in [4.69, 9.17) is 9.15 Å². The molecule has 4 nitrogen and oxygen atoms in total. The summed E-state index contributed by atoms with van der Waals surface area (Å²) in [6, 6.07) is 0. The van der Waals surface area contributed by atoms with Crippen molar-refractivity contribution in [2.45, 2.75) is 25.5 Å². The molecule has 0 bridgehead atoms.